The van der Waals surface area contributed by atoms with Crippen molar-refractivity contribution in [3.63, 3.8) is 0 Å². The molecule has 2 heterocycles. The third kappa shape index (κ3) is 3.16. The van der Waals surface area contributed by atoms with Crippen molar-refractivity contribution in [1.82, 2.24) is 4.98 Å². The van der Waals surface area contributed by atoms with Gasteiger partial charge in [-0.3, -0.25) is 0 Å². The fourth-order valence-corrected chi connectivity index (χ4v) is 3.69. The number of nitrogens with zero attached hydrogens (tertiary/aromatic N) is 1. The van der Waals surface area contributed by atoms with Crippen LogP contribution in [0, 0.1) is 0 Å². The molecule has 0 radical (unpaired) electrons. The Bertz CT molecular complexity index is 1010. The molecule has 1 aliphatic heterocycles. The molecule has 0 unspecified atom stereocenters. The summed E-state index contributed by atoms with van der Waals surface area (Å²) >= 11 is 7.23. The number of aromatic nitrogens is 1. The van der Waals surface area contributed by atoms with Crippen LogP contribution in [-0.4, -0.2) is 17.7 Å². The maximum absolute atomic E-state index is 11.4. The van der Waals surface area contributed by atoms with Gasteiger partial charge in [-0.25, -0.2) is 4.98 Å². The predicted molar refractivity (Wildman–Crippen MR) is 98.4 cm³/mol. The van der Waals surface area contributed by atoms with E-state index in [0.717, 1.165) is 22.5 Å². The highest BCUT2D eigenvalue weighted by atomic mass is 35.5. The molecular weight excluding hydrogens is 374 g/mol. The third-order valence-electron chi connectivity index (χ3n) is 3.74. The molecule has 130 valence electrons. The highest BCUT2D eigenvalue weighted by Crippen LogP contribution is 2.40. The second kappa shape index (κ2) is 6.82. The van der Waals surface area contributed by atoms with Crippen LogP contribution < -0.4 is 14.6 Å². The van der Waals surface area contributed by atoms with Crippen LogP contribution in [0.2, 0.25) is 5.02 Å². The van der Waals surface area contributed by atoms with Crippen molar-refractivity contribution in [2.24, 2.45) is 0 Å². The Balaban J connectivity index is 1.68. The van der Waals surface area contributed by atoms with E-state index in [9.17, 15) is 9.90 Å². The van der Waals surface area contributed by atoms with Gasteiger partial charge in [0.05, 0.1) is 21.6 Å². The van der Waals surface area contributed by atoms with Gasteiger partial charge in [0, 0.05) is 5.56 Å². The fraction of sp³-hybridized carbons (Fsp3) is 0.0526. The Morgan fingerprint density at radius 3 is 2.77 bits per heavy atom. The molecule has 0 atom stereocenters. The van der Waals surface area contributed by atoms with E-state index in [-0.39, 0.29) is 11.7 Å². The van der Waals surface area contributed by atoms with Gasteiger partial charge in [-0.1, -0.05) is 48.0 Å². The molecule has 7 heteroatoms. The van der Waals surface area contributed by atoms with Gasteiger partial charge in [0.15, 0.2) is 11.5 Å². The lowest BCUT2D eigenvalue weighted by Gasteiger charge is -2.01. The Morgan fingerprint density at radius 2 is 2.00 bits per heavy atom. The summed E-state index contributed by atoms with van der Waals surface area (Å²) in [4.78, 5) is 16.0. The number of rotatable bonds is 4. The van der Waals surface area contributed by atoms with Crippen LogP contribution in [0.1, 0.15) is 20.2 Å². The molecule has 4 rings (SSSR count). The van der Waals surface area contributed by atoms with E-state index < -0.39 is 5.97 Å². The molecule has 0 saturated heterocycles. The van der Waals surface area contributed by atoms with Crippen LogP contribution in [0.3, 0.4) is 0 Å². The fourth-order valence-electron chi connectivity index (χ4n) is 2.59. The number of carboxylic acid groups (broad SMARTS) is 1. The molecule has 0 bridgehead atoms. The summed E-state index contributed by atoms with van der Waals surface area (Å²) in [6.45, 7) is 0.143. The van der Waals surface area contributed by atoms with Crippen molar-refractivity contribution in [2.75, 3.05) is 6.79 Å². The SMILES string of the molecule is O=C([O-])c1sc(/C=C/c2cc(Cl)c3c(c2)OCO3)nc1-c1ccccc1. The minimum absolute atomic E-state index is 0.0968. The van der Waals surface area contributed by atoms with E-state index >= 15 is 0 Å². The Labute approximate surface area is 158 Å². The van der Waals surface area contributed by atoms with Gasteiger partial charge in [0.25, 0.3) is 0 Å². The molecular formula is C19H11ClNO4S-. The molecule has 0 saturated carbocycles. The highest BCUT2D eigenvalue weighted by Gasteiger charge is 2.18. The minimum atomic E-state index is -1.24. The zero-order chi connectivity index (χ0) is 18.1. The van der Waals surface area contributed by atoms with E-state index in [1.54, 1.807) is 24.3 Å². The summed E-state index contributed by atoms with van der Waals surface area (Å²) in [6.07, 6.45) is 3.53. The van der Waals surface area contributed by atoms with Crippen LogP contribution in [0.15, 0.2) is 42.5 Å². The first kappa shape index (κ1) is 16.6. The van der Waals surface area contributed by atoms with Crippen LogP contribution in [0.4, 0.5) is 0 Å². The summed E-state index contributed by atoms with van der Waals surface area (Å²) in [7, 11) is 0. The standard InChI is InChI=1S/C19H12ClNO4S/c20-13-8-11(9-14-17(13)25-10-24-14)6-7-15-21-16(18(26-15)19(22)23)12-4-2-1-3-5-12/h1-9H,10H2,(H,22,23)/p-1/b7-6+. The Hall–Kier alpha value is -2.83. The molecule has 0 aliphatic carbocycles. The number of carbonyl (C=O) groups is 1. The quantitative estimate of drug-likeness (QED) is 0.685. The number of ether oxygens (including phenoxy) is 2. The average Bonchev–Trinajstić information content (AvgIpc) is 3.28. The molecule has 0 amide bonds. The van der Waals surface area contributed by atoms with Crippen molar-refractivity contribution in [2.45, 2.75) is 0 Å². The molecule has 1 aliphatic rings. The van der Waals surface area contributed by atoms with Gasteiger partial charge in [-0.2, -0.15) is 0 Å². The normalized spacial score (nSPS) is 12.7. The van der Waals surface area contributed by atoms with Crippen LogP contribution in [0.5, 0.6) is 11.5 Å². The number of hydrogen-bond donors (Lipinski definition) is 0. The Kier molecular flexibility index (Phi) is 4.36. The second-order valence-electron chi connectivity index (χ2n) is 5.45. The largest absolute Gasteiger partial charge is 0.544 e. The zero-order valence-electron chi connectivity index (χ0n) is 13.3. The van der Waals surface area contributed by atoms with Crippen molar-refractivity contribution < 1.29 is 19.4 Å². The second-order valence-corrected chi connectivity index (χ2v) is 6.89. The molecule has 0 fully saturated rings. The smallest absolute Gasteiger partial charge is 0.231 e. The van der Waals surface area contributed by atoms with Gasteiger partial charge >= 0.3 is 0 Å². The molecule has 0 spiro atoms. The number of carbonyl (C=O) groups excluding carboxylic acids is 1. The number of carboxylic acids is 1. The number of thiazole rings is 1. The van der Waals surface area contributed by atoms with Crippen LogP contribution in [0.25, 0.3) is 23.4 Å². The monoisotopic (exact) mass is 384 g/mol. The molecule has 1 aromatic heterocycles. The van der Waals surface area contributed by atoms with Gasteiger partial charge < -0.3 is 19.4 Å². The van der Waals surface area contributed by atoms with Crippen molar-refractivity contribution >= 4 is 41.1 Å². The van der Waals surface area contributed by atoms with Crippen molar-refractivity contribution in [3.8, 4) is 22.8 Å². The molecule has 26 heavy (non-hydrogen) atoms. The van der Waals surface area contributed by atoms with Crippen molar-refractivity contribution in [3.05, 3.63) is 62.9 Å². The number of hydrogen-bond acceptors (Lipinski definition) is 6. The average molecular weight is 385 g/mol. The maximum atomic E-state index is 11.4. The maximum Gasteiger partial charge on any atom is 0.231 e. The number of aromatic carboxylic acids is 1. The summed E-state index contributed by atoms with van der Waals surface area (Å²) in [5.74, 6) is -0.132. The molecule has 2 aromatic carbocycles. The first-order valence-corrected chi connectivity index (χ1v) is 8.86. The van der Waals surface area contributed by atoms with Crippen molar-refractivity contribution in [1.29, 1.82) is 0 Å². The van der Waals surface area contributed by atoms with E-state index in [1.165, 1.54) is 0 Å². The highest BCUT2D eigenvalue weighted by molar-refractivity contribution is 7.14. The van der Waals surface area contributed by atoms with Gasteiger partial charge in [0.2, 0.25) is 6.79 Å². The van der Waals surface area contributed by atoms with E-state index in [4.69, 9.17) is 21.1 Å². The molecule has 3 aromatic rings. The van der Waals surface area contributed by atoms with Gasteiger partial charge in [-0.05, 0) is 23.8 Å². The zero-order valence-corrected chi connectivity index (χ0v) is 14.8. The Morgan fingerprint density at radius 1 is 1.19 bits per heavy atom. The summed E-state index contributed by atoms with van der Waals surface area (Å²) < 4.78 is 10.6. The molecule has 5 nitrogen and oxygen atoms in total. The lowest BCUT2D eigenvalue weighted by atomic mass is 10.1. The number of halogens is 1. The van der Waals surface area contributed by atoms with Crippen LogP contribution >= 0.6 is 22.9 Å². The van der Waals surface area contributed by atoms with Gasteiger partial charge in [0.1, 0.15) is 5.01 Å². The molecule has 0 N–H and O–H groups in total. The number of benzene rings is 2. The summed E-state index contributed by atoms with van der Waals surface area (Å²) in [5.41, 5.74) is 1.93. The third-order valence-corrected chi connectivity index (χ3v) is 5.03. The first-order valence-electron chi connectivity index (χ1n) is 7.66. The minimum Gasteiger partial charge on any atom is -0.544 e. The first-order chi connectivity index (χ1) is 12.6. The summed E-state index contributed by atoms with van der Waals surface area (Å²) in [6, 6.07) is 12.7. The van der Waals surface area contributed by atoms with E-state index in [2.05, 4.69) is 4.98 Å². The number of fused-ring (bicyclic) bond motifs is 1. The van der Waals surface area contributed by atoms with E-state index in [1.807, 2.05) is 30.3 Å². The lowest BCUT2D eigenvalue weighted by molar-refractivity contribution is -0.254. The predicted octanol–water partition coefficient (Wildman–Crippen LogP) is 3.73. The van der Waals surface area contributed by atoms with Gasteiger partial charge in [-0.15, -0.1) is 11.3 Å². The van der Waals surface area contributed by atoms with E-state index in [0.29, 0.717) is 27.2 Å². The summed E-state index contributed by atoms with van der Waals surface area (Å²) in [5, 5.41) is 12.5. The topological polar surface area (TPSA) is 71.5 Å². The van der Waals surface area contributed by atoms with Crippen LogP contribution in [-0.2, 0) is 0 Å². The lowest BCUT2D eigenvalue weighted by Crippen LogP contribution is -2.21.